The molecule has 1 N–H and O–H groups in total. The predicted molar refractivity (Wildman–Crippen MR) is 74.1 cm³/mol. The lowest BCUT2D eigenvalue weighted by Crippen LogP contribution is -2.08. The van der Waals surface area contributed by atoms with E-state index in [2.05, 4.69) is 15.0 Å². The molecule has 0 aliphatic heterocycles. The summed E-state index contributed by atoms with van der Waals surface area (Å²) in [4.78, 5) is 4.12. The Hall–Kier alpha value is -2.68. The minimum atomic E-state index is -2.83. The minimum Gasteiger partial charge on any atom is -0.435 e. The monoisotopic (exact) mass is 289 g/mol. The number of halogens is 2. The molecule has 0 saturated carbocycles. The van der Waals surface area contributed by atoms with Crippen molar-refractivity contribution in [3.63, 3.8) is 0 Å². The van der Waals surface area contributed by atoms with E-state index in [0.717, 1.165) is 5.56 Å². The molecular weight excluding hydrogens is 276 g/mol. The Morgan fingerprint density at radius 3 is 2.52 bits per heavy atom. The molecule has 6 heteroatoms. The molecule has 2 aromatic rings. The van der Waals surface area contributed by atoms with Crippen molar-refractivity contribution in [2.45, 2.75) is 19.6 Å². The summed E-state index contributed by atoms with van der Waals surface area (Å²) in [7, 11) is 0. The largest absolute Gasteiger partial charge is 0.435 e. The highest BCUT2D eigenvalue weighted by atomic mass is 19.3. The molecule has 0 aliphatic carbocycles. The van der Waals surface area contributed by atoms with E-state index >= 15 is 0 Å². The maximum Gasteiger partial charge on any atom is 0.387 e. The summed E-state index contributed by atoms with van der Waals surface area (Å²) in [5, 5.41) is 11.9. The molecule has 0 aliphatic rings. The first-order chi connectivity index (χ1) is 10.1. The van der Waals surface area contributed by atoms with Gasteiger partial charge >= 0.3 is 6.61 Å². The number of rotatable bonds is 5. The summed E-state index contributed by atoms with van der Waals surface area (Å²) in [6.07, 6.45) is 0. The van der Waals surface area contributed by atoms with E-state index in [4.69, 9.17) is 5.26 Å². The highest BCUT2D eigenvalue weighted by molar-refractivity contribution is 5.41. The van der Waals surface area contributed by atoms with Gasteiger partial charge in [0, 0.05) is 6.04 Å². The van der Waals surface area contributed by atoms with Crippen LogP contribution < -0.4 is 10.1 Å². The van der Waals surface area contributed by atoms with Crippen molar-refractivity contribution in [1.29, 1.82) is 5.26 Å². The van der Waals surface area contributed by atoms with Crippen molar-refractivity contribution in [2.24, 2.45) is 0 Å². The zero-order valence-electron chi connectivity index (χ0n) is 11.3. The molecule has 1 aromatic heterocycles. The van der Waals surface area contributed by atoms with E-state index in [0.29, 0.717) is 11.5 Å². The van der Waals surface area contributed by atoms with E-state index in [1.807, 2.05) is 13.0 Å². The number of hydrogen-bond acceptors (Lipinski definition) is 4. The van der Waals surface area contributed by atoms with Gasteiger partial charge in [-0.15, -0.1) is 0 Å². The molecule has 1 unspecified atom stereocenters. The summed E-state index contributed by atoms with van der Waals surface area (Å²) in [6.45, 7) is -0.923. The first-order valence-corrected chi connectivity index (χ1v) is 6.27. The van der Waals surface area contributed by atoms with Crippen LogP contribution in [0, 0.1) is 11.3 Å². The van der Waals surface area contributed by atoms with E-state index < -0.39 is 6.61 Å². The number of aromatic nitrogens is 1. The maximum atomic E-state index is 12.1. The van der Waals surface area contributed by atoms with Crippen molar-refractivity contribution >= 4 is 5.82 Å². The second-order valence-corrected chi connectivity index (χ2v) is 4.33. The number of nitrogens with one attached hydrogen (secondary N) is 1. The topological polar surface area (TPSA) is 57.9 Å². The fourth-order valence-corrected chi connectivity index (χ4v) is 1.82. The van der Waals surface area contributed by atoms with Gasteiger partial charge in [-0.1, -0.05) is 18.2 Å². The van der Waals surface area contributed by atoms with Crippen LogP contribution in [-0.4, -0.2) is 11.6 Å². The predicted octanol–water partition coefficient (Wildman–Crippen LogP) is 3.73. The van der Waals surface area contributed by atoms with Gasteiger partial charge in [0.25, 0.3) is 0 Å². The zero-order chi connectivity index (χ0) is 15.2. The van der Waals surface area contributed by atoms with Gasteiger partial charge in [-0.05, 0) is 36.8 Å². The van der Waals surface area contributed by atoms with Gasteiger partial charge in [0.2, 0.25) is 0 Å². The highest BCUT2D eigenvalue weighted by Gasteiger charge is 2.08. The van der Waals surface area contributed by atoms with Crippen molar-refractivity contribution < 1.29 is 13.5 Å². The number of nitrogens with zero attached hydrogens (tertiary/aromatic N) is 2. The first-order valence-electron chi connectivity index (χ1n) is 6.27. The average Bonchev–Trinajstić information content (AvgIpc) is 2.47. The molecule has 2 rings (SSSR count). The Balaban J connectivity index is 2.06. The molecule has 1 aromatic carbocycles. The number of nitriles is 1. The van der Waals surface area contributed by atoms with Crippen molar-refractivity contribution in [1.82, 2.24) is 4.98 Å². The lowest BCUT2D eigenvalue weighted by molar-refractivity contribution is -0.0498. The Bertz CT molecular complexity index is 638. The Labute approximate surface area is 121 Å². The SMILES string of the molecule is CC(Nc1cccc(C#N)n1)c1ccc(OC(F)F)cc1. The van der Waals surface area contributed by atoms with Crippen LogP contribution in [0.1, 0.15) is 24.2 Å². The third kappa shape index (κ3) is 4.14. The van der Waals surface area contributed by atoms with Gasteiger partial charge in [0.15, 0.2) is 0 Å². The molecular formula is C15H13F2N3O. The summed E-state index contributed by atoms with van der Waals surface area (Å²) in [5.74, 6) is 0.694. The van der Waals surface area contributed by atoms with Gasteiger partial charge in [-0.2, -0.15) is 14.0 Å². The molecule has 0 saturated heterocycles. The number of hydrogen-bond donors (Lipinski definition) is 1. The van der Waals surface area contributed by atoms with Crippen LogP contribution in [0.15, 0.2) is 42.5 Å². The fraction of sp³-hybridized carbons (Fsp3) is 0.200. The average molecular weight is 289 g/mol. The molecule has 1 heterocycles. The Morgan fingerprint density at radius 1 is 1.19 bits per heavy atom. The standard InChI is InChI=1S/C15H13F2N3O/c1-10(19-14-4-2-3-12(9-18)20-14)11-5-7-13(8-6-11)21-15(16)17/h2-8,10,15H,1H3,(H,19,20). The minimum absolute atomic E-state index is 0.0907. The molecule has 108 valence electrons. The van der Waals surface area contributed by atoms with Gasteiger partial charge in [0.1, 0.15) is 23.3 Å². The van der Waals surface area contributed by atoms with Gasteiger partial charge < -0.3 is 10.1 Å². The third-order valence-electron chi connectivity index (χ3n) is 2.83. The molecule has 0 radical (unpaired) electrons. The number of benzene rings is 1. The van der Waals surface area contributed by atoms with E-state index in [1.165, 1.54) is 12.1 Å². The molecule has 0 amide bonds. The summed E-state index contributed by atoms with van der Waals surface area (Å²) in [6, 6.07) is 13.4. The van der Waals surface area contributed by atoms with Crippen molar-refractivity contribution in [3.8, 4) is 11.8 Å². The van der Waals surface area contributed by atoms with Crippen LogP contribution in [0.3, 0.4) is 0 Å². The van der Waals surface area contributed by atoms with Crippen LogP contribution in [0.25, 0.3) is 0 Å². The van der Waals surface area contributed by atoms with Crippen LogP contribution in [0.4, 0.5) is 14.6 Å². The summed E-state index contributed by atoms with van der Waals surface area (Å²) >= 11 is 0. The lowest BCUT2D eigenvalue weighted by atomic mass is 10.1. The van der Waals surface area contributed by atoms with E-state index in [1.54, 1.807) is 30.3 Å². The lowest BCUT2D eigenvalue weighted by Gasteiger charge is -2.15. The molecule has 21 heavy (non-hydrogen) atoms. The number of pyridine rings is 1. The smallest absolute Gasteiger partial charge is 0.387 e. The van der Waals surface area contributed by atoms with E-state index in [9.17, 15) is 8.78 Å². The quantitative estimate of drug-likeness (QED) is 0.911. The number of alkyl halides is 2. The first kappa shape index (κ1) is 14.7. The normalized spacial score (nSPS) is 11.8. The van der Waals surface area contributed by atoms with Gasteiger partial charge in [-0.25, -0.2) is 4.98 Å². The van der Waals surface area contributed by atoms with Gasteiger partial charge in [0.05, 0.1) is 0 Å². The van der Waals surface area contributed by atoms with Crippen LogP contribution in [0.5, 0.6) is 5.75 Å². The second kappa shape index (κ2) is 6.66. The van der Waals surface area contributed by atoms with Crippen LogP contribution in [-0.2, 0) is 0 Å². The van der Waals surface area contributed by atoms with Crippen LogP contribution in [0.2, 0.25) is 0 Å². The summed E-state index contributed by atoms with van der Waals surface area (Å²) in [5.41, 5.74) is 1.22. The molecule has 1 atom stereocenters. The molecule has 4 nitrogen and oxygen atoms in total. The maximum absolute atomic E-state index is 12.1. The third-order valence-corrected chi connectivity index (χ3v) is 2.83. The molecule has 0 bridgehead atoms. The molecule has 0 spiro atoms. The fourth-order valence-electron chi connectivity index (χ4n) is 1.82. The number of anilines is 1. The Kier molecular flexibility index (Phi) is 4.67. The molecule has 0 fully saturated rings. The summed E-state index contributed by atoms with van der Waals surface area (Å²) < 4.78 is 28.4. The van der Waals surface area contributed by atoms with Gasteiger partial charge in [-0.3, -0.25) is 0 Å². The van der Waals surface area contributed by atoms with Crippen molar-refractivity contribution in [3.05, 3.63) is 53.7 Å². The highest BCUT2D eigenvalue weighted by Crippen LogP contribution is 2.21. The van der Waals surface area contributed by atoms with Crippen molar-refractivity contribution in [2.75, 3.05) is 5.32 Å². The second-order valence-electron chi connectivity index (χ2n) is 4.33. The zero-order valence-corrected chi connectivity index (χ0v) is 11.3. The van der Waals surface area contributed by atoms with Crippen LogP contribution >= 0.6 is 0 Å². The Morgan fingerprint density at radius 2 is 1.90 bits per heavy atom. The van der Waals surface area contributed by atoms with E-state index in [-0.39, 0.29) is 11.8 Å². The number of ether oxygens (including phenoxy) is 1.